The third kappa shape index (κ3) is 3.83. The summed E-state index contributed by atoms with van der Waals surface area (Å²) in [6.45, 7) is 5.91. The summed E-state index contributed by atoms with van der Waals surface area (Å²) in [4.78, 5) is 24.4. The molecule has 2 N–H and O–H groups in total. The first-order valence-corrected chi connectivity index (χ1v) is 6.93. The predicted molar refractivity (Wildman–Crippen MR) is 72.6 cm³/mol. The second-order valence-corrected chi connectivity index (χ2v) is 5.33. The van der Waals surface area contributed by atoms with Gasteiger partial charge < -0.3 is 10.0 Å². The van der Waals surface area contributed by atoms with Gasteiger partial charge in [0.15, 0.2) is 0 Å². The zero-order valence-corrected chi connectivity index (χ0v) is 12.2. The number of urea groups is 1. The van der Waals surface area contributed by atoms with Gasteiger partial charge in [0.25, 0.3) is 0 Å². The van der Waals surface area contributed by atoms with Crippen molar-refractivity contribution in [3.8, 4) is 0 Å². The molecule has 0 bridgehead atoms. The van der Waals surface area contributed by atoms with Crippen molar-refractivity contribution in [1.82, 2.24) is 15.3 Å². The van der Waals surface area contributed by atoms with Crippen LogP contribution in [-0.2, 0) is 4.79 Å². The van der Waals surface area contributed by atoms with E-state index >= 15 is 0 Å². The molecule has 0 radical (unpaired) electrons. The van der Waals surface area contributed by atoms with E-state index in [9.17, 15) is 9.59 Å². The number of likely N-dealkylation sites (N-methyl/N-ethyl adjacent to an activating group) is 1. The maximum absolute atomic E-state index is 12.1. The lowest BCUT2D eigenvalue weighted by Gasteiger charge is -2.40. The van der Waals surface area contributed by atoms with Crippen LogP contribution in [0.2, 0.25) is 0 Å². The van der Waals surface area contributed by atoms with Gasteiger partial charge in [0.2, 0.25) is 0 Å². The Labute approximate surface area is 114 Å². The molecule has 3 atom stereocenters. The maximum Gasteiger partial charge on any atom is 0.332 e. The van der Waals surface area contributed by atoms with Crippen molar-refractivity contribution in [3.63, 3.8) is 0 Å². The first kappa shape index (κ1) is 15.8. The Morgan fingerprint density at radius 2 is 1.89 bits per heavy atom. The van der Waals surface area contributed by atoms with Gasteiger partial charge >= 0.3 is 12.0 Å². The fourth-order valence-electron chi connectivity index (χ4n) is 2.59. The van der Waals surface area contributed by atoms with E-state index in [1.54, 1.807) is 6.92 Å². The number of aliphatic carboxylic acids is 1. The molecule has 1 heterocycles. The van der Waals surface area contributed by atoms with Gasteiger partial charge in [-0.15, -0.1) is 0 Å². The normalized spacial score (nSPS) is 25.7. The second-order valence-electron chi connectivity index (χ2n) is 5.33. The number of carbonyl (C=O) groups is 2. The van der Waals surface area contributed by atoms with Crippen LogP contribution in [-0.4, -0.2) is 52.2 Å². The molecule has 110 valence electrons. The number of amides is 2. The van der Waals surface area contributed by atoms with Gasteiger partial charge in [-0.05, 0) is 33.1 Å². The molecular weight excluding hydrogens is 246 g/mol. The molecule has 3 unspecified atom stereocenters. The number of nitrogens with zero attached hydrogens (tertiary/aromatic N) is 2. The molecule has 6 nitrogen and oxygen atoms in total. The van der Waals surface area contributed by atoms with Crippen LogP contribution in [0.3, 0.4) is 0 Å². The van der Waals surface area contributed by atoms with E-state index in [2.05, 4.69) is 19.3 Å². The lowest BCUT2D eigenvalue weighted by molar-refractivity contribution is -0.142. The van der Waals surface area contributed by atoms with Gasteiger partial charge in [0.1, 0.15) is 6.04 Å². The number of hydrogen-bond acceptors (Lipinski definition) is 3. The highest BCUT2D eigenvalue weighted by atomic mass is 16.4. The van der Waals surface area contributed by atoms with Crippen molar-refractivity contribution < 1.29 is 14.7 Å². The van der Waals surface area contributed by atoms with Gasteiger partial charge in [-0.2, -0.15) is 0 Å². The number of piperidine rings is 1. The average Bonchev–Trinajstić information content (AvgIpc) is 2.34. The van der Waals surface area contributed by atoms with Crippen LogP contribution in [0.5, 0.6) is 0 Å². The van der Waals surface area contributed by atoms with Crippen molar-refractivity contribution in [2.45, 2.75) is 64.6 Å². The molecule has 1 aliphatic heterocycles. The van der Waals surface area contributed by atoms with E-state index in [1.807, 2.05) is 5.01 Å². The van der Waals surface area contributed by atoms with Crippen molar-refractivity contribution in [3.05, 3.63) is 0 Å². The number of hydrogen-bond donors (Lipinski definition) is 2. The van der Waals surface area contributed by atoms with Crippen LogP contribution < -0.4 is 5.43 Å². The minimum atomic E-state index is -0.972. The number of carboxylic acids is 1. The van der Waals surface area contributed by atoms with E-state index in [-0.39, 0.29) is 18.1 Å². The van der Waals surface area contributed by atoms with Gasteiger partial charge in [-0.1, -0.05) is 13.3 Å². The van der Waals surface area contributed by atoms with Crippen LogP contribution in [0.25, 0.3) is 0 Å². The standard InChI is InChI=1S/C13H25N3O3/c1-5-11(12(17)18)15(4)13(19)14-16-9(2)7-6-8-10(16)3/h9-11H,5-8H2,1-4H3,(H,14,19)(H,17,18). The molecular formula is C13H25N3O3. The maximum atomic E-state index is 12.1. The third-order valence-electron chi connectivity index (χ3n) is 3.88. The molecule has 1 saturated heterocycles. The summed E-state index contributed by atoms with van der Waals surface area (Å²) >= 11 is 0. The van der Waals surface area contributed by atoms with E-state index in [0.717, 1.165) is 19.3 Å². The molecule has 0 aromatic heterocycles. The molecule has 0 aliphatic carbocycles. The fraction of sp³-hybridized carbons (Fsp3) is 0.846. The quantitative estimate of drug-likeness (QED) is 0.815. The Morgan fingerprint density at radius 3 is 2.32 bits per heavy atom. The first-order valence-electron chi connectivity index (χ1n) is 6.93. The summed E-state index contributed by atoms with van der Waals surface area (Å²) in [6.07, 6.45) is 3.65. The minimum absolute atomic E-state index is 0.283. The number of rotatable bonds is 4. The molecule has 1 fully saturated rings. The lowest BCUT2D eigenvalue weighted by atomic mass is 10.00. The van der Waals surface area contributed by atoms with E-state index in [1.165, 1.54) is 11.9 Å². The topological polar surface area (TPSA) is 72.9 Å². The van der Waals surface area contributed by atoms with E-state index in [0.29, 0.717) is 6.42 Å². The summed E-state index contributed by atoms with van der Waals surface area (Å²) in [5.74, 6) is -0.972. The van der Waals surface area contributed by atoms with Crippen molar-refractivity contribution in [2.75, 3.05) is 7.05 Å². The first-order chi connectivity index (χ1) is 8.88. The predicted octanol–water partition coefficient (Wildman–Crippen LogP) is 1.67. The molecule has 6 heteroatoms. The highest BCUT2D eigenvalue weighted by Crippen LogP contribution is 2.20. The number of carbonyl (C=O) groups excluding carboxylic acids is 1. The Balaban J connectivity index is 2.64. The number of carboxylic acid groups (broad SMARTS) is 1. The lowest BCUT2D eigenvalue weighted by Crippen LogP contribution is -2.58. The Hall–Kier alpha value is -1.30. The van der Waals surface area contributed by atoms with Crippen LogP contribution >= 0.6 is 0 Å². The van der Waals surface area contributed by atoms with Gasteiger partial charge in [0.05, 0.1) is 0 Å². The number of hydrazine groups is 1. The summed E-state index contributed by atoms with van der Waals surface area (Å²) < 4.78 is 0. The summed E-state index contributed by atoms with van der Waals surface area (Å²) in [5.41, 5.74) is 2.84. The summed E-state index contributed by atoms with van der Waals surface area (Å²) in [5, 5.41) is 11.0. The van der Waals surface area contributed by atoms with Crippen LogP contribution in [0.4, 0.5) is 4.79 Å². The Morgan fingerprint density at radius 1 is 1.37 bits per heavy atom. The van der Waals surface area contributed by atoms with Crippen molar-refractivity contribution >= 4 is 12.0 Å². The third-order valence-corrected chi connectivity index (χ3v) is 3.88. The van der Waals surface area contributed by atoms with Gasteiger partial charge in [-0.3, -0.25) is 5.43 Å². The van der Waals surface area contributed by atoms with Gasteiger partial charge in [-0.25, -0.2) is 14.6 Å². The fourth-order valence-corrected chi connectivity index (χ4v) is 2.59. The highest BCUT2D eigenvalue weighted by Gasteiger charge is 2.30. The molecule has 2 amide bonds. The largest absolute Gasteiger partial charge is 0.480 e. The van der Waals surface area contributed by atoms with E-state index in [4.69, 9.17) is 5.11 Å². The van der Waals surface area contributed by atoms with Crippen molar-refractivity contribution in [2.24, 2.45) is 0 Å². The smallest absolute Gasteiger partial charge is 0.332 e. The zero-order chi connectivity index (χ0) is 14.6. The van der Waals surface area contributed by atoms with Crippen LogP contribution in [0.15, 0.2) is 0 Å². The molecule has 19 heavy (non-hydrogen) atoms. The molecule has 0 spiro atoms. The van der Waals surface area contributed by atoms with Crippen molar-refractivity contribution in [1.29, 1.82) is 0 Å². The monoisotopic (exact) mass is 271 g/mol. The Bertz CT molecular complexity index is 325. The SMILES string of the molecule is CCC(C(=O)O)N(C)C(=O)NN1C(C)CCCC1C. The van der Waals surface area contributed by atoms with Gasteiger partial charge in [0, 0.05) is 19.1 Å². The molecule has 0 saturated carbocycles. The summed E-state index contributed by atoms with van der Waals surface area (Å²) in [6, 6.07) is -0.567. The Kier molecular flexibility index (Phi) is 5.60. The van der Waals surface area contributed by atoms with Crippen LogP contribution in [0.1, 0.15) is 46.5 Å². The summed E-state index contributed by atoms with van der Waals surface area (Å²) in [7, 11) is 1.52. The second kappa shape index (κ2) is 6.75. The molecule has 1 rings (SSSR count). The minimum Gasteiger partial charge on any atom is -0.480 e. The molecule has 0 aromatic rings. The average molecular weight is 271 g/mol. The van der Waals surface area contributed by atoms with E-state index < -0.39 is 12.0 Å². The number of nitrogens with one attached hydrogen (secondary N) is 1. The highest BCUT2D eigenvalue weighted by molar-refractivity contribution is 5.82. The van der Waals surface area contributed by atoms with Crippen LogP contribution in [0, 0.1) is 0 Å². The molecule has 1 aliphatic rings. The zero-order valence-electron chi connectivity index (χ0n) is 12.2. The molecule has 0 aromatic carbocycles.